The number of rotatable bonds is 6. The lowest BCUT2D eigenvalue weighted by molar-refractivity contribution is -0.148. The first-order valence-corrected chi connectivity index (χ1v) is 15.8. The number of halogens is 3. The van der Waals surface area contributed by atoms with Crippen LogP contribution in [0.1, 0.15) is 98.5 Å². The molecule has 2 heterocycles. The van der Waals surface area contributed by atoms with Crippen molar-refractivity contribution < 1.29 is 23.2 Å². The summed E-state index contributed by atoms with van der Waals surface area (Å²) in [5.74, 6) is -3.37. The van der Waals surface area contributed by atoms with Crippen molar-refractivity contribution >= 4 is 29.2 Å². The molecule has 234 valence electrons. The molecule has 6 nitrogen and oxygen atoms in total. The Morgan fingerprint density at radius 2 is 1.55 bits per heavy atom. The lowest BCUT2D eigenvalue weighted by Gasteiger charge is -2.43. The minimum absolute atomic E-state index is 0.0297. The number of benzene rings is 1. The molecule has 0 N–H and O–H groups in total. The van der Waals surface area contributed by atoms with Gasteiger partial charge in [0.1, 0.15) is 0 Å². The van der Waals surface area contributed by atoms with E-state index in [9.17, 15) is 23.2 Å². The van der Waals surface area contributed by atoms with Crippen molar-refractivity contribution in [3.05, 3.63) is 34.9 Å². The molecular weight excluding hydrogens is 560 g/mol. The minimum Gasteiger partial charge on any atom is -0.334 e. The molecule has 1 aromatic carbocycles. The molecule has 2 aliphatic heterocycles. The monoisotopic (exact) mass is 607 g/mol. The van der Waals surface area contributed by atoms with Crippen LogP contribution in [-0.4, -0.2) is 81.5 Å². The quantitative estimate of drug-likeness (QED) is 0.368. The van der Waals surface area contributed by atoms with Gasteiger partial charge in [0.15, 0.2) is 5.78 Å². The normalized spacial score (nSPS) is 27.3. The summed E-state index contributed by atoms with van der Waals surface area (Å²) < 4.78 is 28.2. The van der Waals surface area contributed by atoms with Gasteiger partial charge in [-0.25, -0.2) is 8.78 Å². The number of alkyl halides is 2. The lowest BCUT2D eigenvalue weighted by atomic mass is 9.86. The van der Waals surface area contributed by atoms with Crippen LogP contribution in [0.15, 0.2) is 24.3 Å². The average Bonchev–Trinajstić information content (AvgIpc) is 3.54. The highest BCUT2D eigenvalue weighted by Gasteiger charge is 2.51. The van der Waals surface area contributed by atoms with Crippen molar-refractivity contribution in [3.63, 3.8) is 0 Å². The fourth-order valence-corrected chi connectivity index (χ4v) is 7.11. The van der Waals surface area contributed by atoms with Gasteiger partial charge in [-0.05, 0) is 57.7 Å². The third kappa shape index (κ3) is 7.01. The van der Waals surface area contributed by atoms with Crippen LogP contribution in [0, 0.1) is 11.3 Å². The smallest absolute Gasteiger partial charge is 0.248 e. The molecular formula is C33H48ClF2N3O3. The molecule has 0 radical (unpaired) electrons. The first-order valence-electron chi connectivity index (χ1n) is 15.5. The third-order valence-corrected chi connectivity index (χ3v) is 9.77. The Bertz CT molecular complexity index is 1150. The molecule has 0 spiro atoms. The molecule has 1 aromatic rings. The summed E-state index contributed by atoms with van der Waals surface area (Å²) in [5, 5.41) is 0.632. The summed E-state index contributed by atoms with van der Waals surface area (Å²) >= 11 is 6.18. The zero-order valence-electron chi connectivity index (χ0n) is 26.3. The van der Waals surface area contributed by atoms with Crippen molar-refractivity contribution in [2.45, 2.75) is 122 Å². The van der Waals surface area contributed by atoms with Crippen molar-refractivity contribution in [3.8, 4) is 0 Å². The van der Waals surface area contributed by atoms with E-state index in [2.05, 4.69) is 25.7 Å². The molecule has 4 rings (SSSR count). The predicted octanol–water partition coefficient (Wildman–Crippen LogP) is 6.56. The Morgan fingerprint density at radius 1 is 0.952 bits per heavy atom. The summed E-state index contributed by atoms with van der Waals surface area (Å²) in [6, 6.07) is 6.27. The second-order valence-electron chi connectivity index (χ2n) is 14.6. The van der Waals surface area contributed by atoms with Crippen LogP contribution in [0.25, 0.3) is 0 Å². The van der Waals surface area contributed by atoms with Gasteiger partial charge in [-0.2, -0.15) is 0 Å². The fraction of sp³-hybridized carbons (Fsp3) is 0.727. The topological polar surface area (TPSA) is 60.9 Å². The van der Waals surface area contributed by atoms with Crippen LogP contribution in [-0.2, 0) is 14.4 Å². The molecule has 3 aliphatic rings. The van der Waals surface area contributed by atoms with E-state index in [4.69, 9.17) is 11.6 Å². The summed E-state index contributed by atoms with van der Waals surface area (Å²) in [6.45, 7) is 15.2. The van der Waals surface area contributed by atoms with Gasteiger partial charge >= 0.3 is 0 Å². The molecule has 3 fully saturated rings. The molecule has 0 bridgehead atoms. The van der Waals surface area contributed by atoms with Crippen LogP contribution in [0.4, 0.5) is 8.78 Å². The maximum atomic E-state index is 14.5. The maximum absolute atomic E-state index is 14.5. The van der Waals surface area contributed by atoms with Gasteiger partial charge in [0, 0.05) is 66.8 Å². The number of hydrogen-bond acceptors (Lipinski definition) is 4. The highest BCUT2D eigenvalue weighted by Crippen LogP contribution is 2.42. The Morgan fingerprint density at radius 3 is 2.07 bits per heavy atom. The molecule has 1 saturated carbocycles. The molecule has 42 heavy (non-hydrogen) atoms. The number of ketones is 1. The highest BCUT2D eigenvalue weighted by molar-refractivity contribution is 6.30. The number of nitrogens with zero attached hydrogens (tertiary/aromatic N) is 3. The van der Waals surface area contributed by atoms with Gasteiger partial charge in [0.2, 0.25) is 17.7 Å². The zero-order chi connectivity index (χ0) is 31.2. The summed E-state index contributed by atoms with van der Waals surface area (Å²) in [7, 11) is 0. The van der Waals surface area contributed by atoms with Crippen molar-refractivity contribution in [1.82, 2.24) is 14.7 Å². The molecule has 9 heteroatoms. The minimum atomic E-state index is -2.72. The second-order valence-corrected chi connectivity index (χ2v) is 15.0. The second kappa shape index (κ2) is 12.1. The molecule has 1 unspecified atom stereocenters. The van der Waals surface area contributed by atoms with E-state index in [1.165, 1.54) is 0 Å². The van der Waals surface area contributed by atoms with E-state index in [-0.39, 0.29) is 79.7 Å². The van der Waals surface area contributed by atoms with Gasteiger partial charge < -0.3 is 9.80 Å². The highest BCUT2D eigenvalue weighted by atomic mass is 35.5. The van der Waals surface area contributed by atoms with Crippen LogP contribution in [0.3, 0.4) is 0 Å². The molecule has 4 atom stereocenters. The Hall–Kier alpha value is -2.06. The van der Waals surface area contributed by atoms with E-state index in [1.54, 1.807) is 16.7 Å². The number of carbonyl (C=O) groups excluding carboxylic acids is 3. The average molecular weight is 608 g/mol. The molecule has 0 aromatic heterocycles. The van der Waals surface area contributed by atoms with Gasteiger partial charge in [-0.3, -0.25) is 19.3 Å². The summed E-state index contributed by atoms with van der Waals surface area (Å²) in [5.41, 5.74) is 0.163. The van der Waals surface area contributed by atoms with Gasteiger partial charge in [-0.15, -0.1) is 0 Å². The number of Topliss-reactive ketones (excluding diaryl/α,β-unsaturated/α-hetero) is 1. The summed E-state index contributed by atoms with van der Waals surface area (Å²) in [6.07, 6.45) is 0.538. The van der Waals surface area contributed by atoms with Crippen molar-refractivity contribution in [1.29, 1.82) is 0 Å². The predicted molar refractivity (Wildman–Crippen MR) is 162 cm³/mol. The molecule has 2 amide bonds. The van der Waals surface area contributed by atoms with Crippen LogP contribution in [0.5, 0.6) is 0 Å². The molecule has 1 aliphatic carbocycles. The standard InChI is InChI=1S/C33H48ClF2N3O3/c1-8-28(40)27-17-24(39(30(42)31(2,3)4)23-13-15-33(35,36)16-14-23)18-38(27)29(41)26-20-37(32(5,6)7)19-25(26)21-9-11-22(34)12-10-21/h9-12,23-27H,8,13-20H2,1-7H3/t24?,25-,26+,27-/m0/s1. The Balaban J connectivity index is 1.67. The maximum Gasteiger partial charge on any atom is 0.248 e. The molecule has 2 saturated heterocycles. The van der Waals surface area contributed by atoms with E-state index >= 15 is 0 Å². The number of likely N-dealkylation sites (tertiary alicyclic amines) is 2. The fourth-order valence-electron chi connectivity index (χ4n) is 6.98. The first kappa shape index (κ1) is 32.8. The van der Waals surface area contributed by atoms with E-state index in [0.29, 0.717) is 24.5 Å². The zero-order valence-corrected chi connectivity index (χ0v) is 27.0. The number of amides is 2. The Kier molecular flexibility index (Phi) is 9.50. The van der Waals surface area contributed by atoms with Gasteiger partial charge in [0.25, 0.3) is 0 Å². The van der Waals surface area contributed by atoms with E-state index in [1.807, 2.05) is 45.0 Å². The summed E-state index contributed by atoms with van der Waals surface area (Å²) in [4.78, 5) is 47.5. The van der Waals surface area contributed by atoms with E-state index in [0.717, 1.165) is 5.56 Å². The lowest BCUT2D eigenvalue weighted by Crippen LogP contribution is -2.54. The van der Waals surface area contributed by atoms with E-state index < -0.39 is 23.4 Å². The SMILES string of the molecule is CCC(=O)[C@@H]1CC(N(C(=O)C(C)(C)C)C2CCC(F)(F)CC2)CN1C(=O)[C@@H]1CN(C(C)(C)C)C[C@H]1c1ccc(Cl)cc1. The van der Waals surface area contributed by atoms with Crippen molar-refractivity contribution in [2.75, 3.05) is 19.6 Å². The van der Waals surface area contributed by atoms with Gasteiger partial charge in [0.05, 0.1) is 18.0 Å². The third-order valence-electron chi connectivity index (χ3n) is 9.52. The number of carbonyl (C=O) groups is 3. The van der Waals surface area contributed by atoms with Crippen LogP contribution >= 0.6 is 11.6 Å². The Labute approximate surface area is 255 Å². The van der Waals surface area contributed by atoms with Crippen LogP contribution < -0.4 is 0 Å². The largest absolute Gasteiger partial charge is 0.334 e. The number of hydrogen-bond donors (Lipinski definition) is 0. The first-order chi connectivity index (χ1) is 19.4. The van der Waals surface area contributed by atoms with Gasteiger partial charge in [-0.1, -0.05) is 51.4 Å². The van der Waals surface area contributed by atoms with Crippen LogP contribution in [0.2, 0.25) is 5.02 Å². The van der Waals surface area contributed by atoms with Crippen molar-refractivity contribution in [2.24, 2.45) is 11.3 Å².